The lowest BCUT2D eigenvalue weighted by Crippen LogP contribution is -2.45. The van der Waals surface area contributed by atoms with Crippen LogP contribution in [0, 0.1) is 0 Å². The molecule has 1 unspecified atom stereocenters. The average Bonchev–Trinajstić information content (AvgIpc) is 3.20. The fraction of sp³-hybridized carbons (Fsp3) is 0.391. The van der Waals surface area contributed by atoms with E-state index in [1.807, 2.05) is 12.1 Å². The first-order chi connectivity index (χ1) is 14.9. The molecule has 2 aromatic rings. The Morgan fingerprint density at radius 2 is 1.81 bits per heavy atom. The highest BCUT2D eigenvalue weighted by Crippen LogP contribution is 2.25. The Bertz CT molecular complexity index is 966. The molecule has 2 aromatic carbocycles. The predicted octanol–water partition coefficient (Wildman–Crippen LogP) is 3.59. The third kappa shape index (κ3) is 5.01. The Balaban J connectivity index is 1.46. The van der Waals surface area contributed by atoms with Crippen LogP contribution in [0.3, 0.4) is 0 Å². The van der Waals surface area contributed by atoms with Gasteiger partial charge in [0.2, 0.25) is 5.91 Å². The molecule has 7 nitrogen and oxygen atoms in total. The molecule has 2 heterocycles. The van der Waals surface area contributed by atoms with Gasteiger partial charge < -0.3 is 25.2 Å². The minimum Gasteiger partial charge on any atom is -0.380 e. The first-order valence-corrected chi connectivity index (χ1v) is 10.8. The summed E-state index contributed by atoms with van der Waals surface area (Å²) < 4.78 is 5.45. The van der Waals surface area contributed by atoms with Crippen molar-refractivity contribution in [1.29, 1.82) is 0 Å². The summed E-state index contributed by atoms with van der Waals surface area (Å²) in [6, 6.07) is 12.0. The van der Waals surface area contributed by atoms with Gasteiger partial charge in [0.25, 0.3) is 0 Å². The maximum Gasteiger partial charge on any atom is 0.322 e. The first kappa shape index (κ1) is 21.6. The molecule has 1 saturated heterocycles. The number of urea groups is 1. The normalized spacial score (nSPS) is 20.9. The average molecular weight is 443 g/mol. The van der Waals surface area contributed by atoms with E-state index in [0.717, 1.165) is 25.2 Å². The molecule has 3 amide bonds. The van der Waals surface area contributed by atoms with Crippen molar-refractivity contribution in [3.8, 4) is 0 Å². The lowest BCUT2D eigenvalue weighted by molar-refractivity contribution is -0.119. The van der Waals surface area contributed by atoms with Gasteiger partial charge in [0.05, 0.1) is 6.10 Å². The van der Waals surface area contributed by atoms with Gasteiger partial charge in [0.1, 0.15) is 6.04 Å². The third-order valence-corrected chi connectivity index (χ3v) is 6.18. The summed E-state index contributed by atoms with van der Waals surface area (Å²) in [5, 5.41) is 6.43. The van der Waals surface area contributed by atoms with E-state index in [0.29, 0.717) is 23.7 Å². The monoisotopic (exact) mass is 442 g/mol. The number of methoxy groups -OCH3 is 1. The van der Waals surface area contributed by atoms with E-state index in [9.17, 15) is 9.59 Å². The molecule has 2 N–H and O–H groups in total. The Labute approximate surface area is 187 Å². The van der Waals surface area contributed by atoms with Gasteiger partial charge in [-0.25, -0.2) is 4.79 Å². The largest absolute Gasteiger partial charge is 0.380 e. The first-order valence-electron chi connectivity index (χ1n) is 10.4. The number of amides is 3. The quantitative estimate of drug-likeness (QED) is 0.758. The topological polar surface area (TPSA) is 73.9 Å². The van der Waals surface area contributed by atoms with E-state index >= 15 is 0 Å². The van der Waals surface area contributed by atoms with Crippen LogP contribution in [0.2, 0.25) is 5.02 Å². The molecule has 0 spiro atoms. The van der Waals surface area contributed by atoms with E-state index in [1.165, 1.54) is 16.0 Å². The van der Waals surface area contributed by atoms with Crippen LogP contribution in [0.1, 0.15) is 17.5 Å². The van der Waals surface area contributed by atoms with Crippen LogP contribution in [0.25, 0.3) is 0 Å². The molecule has 0 bridgehead atoms. The summed E-state index contributed by atoms with van der Waals surface area (Å²) in [5.74, 6) is -0.210. The van der Waals surface area contributed by atoms with Crippen LogP contribution < -0.4 is 10.6 Å². The van der Waals surface area contributed by atoms with Crippen molar-refractivity contribution in [1.82, 2.24) is 9.80 Å². The second kappa shape index (κ2) is 9.26. The number of likely N-dealkylation sites (tertiary alicyclic amines) is 1. The second-order valence-electron chi connectivity index (χ2n) is 8.16. The number of carbonyl (C=O) groups excluding carboxylic acids is 2. The molecule has 2 aliphatic rings. The van der Waals surface area contributed by atoms with Crippen LogP contribution in [-0.2, 0) is 22.5 Å². The second-order valence-corrected chi connectivity index (χ2v) is 8.60. The fourth-order valence-electron chi connectivity index (χ4n) is 4.17. The Kier molecular flexibility index (Phi) is 6.46. The molecule has 0 aliphatic carbocycles. The SMILES string of the molecule is COC1C[C@H](C(=O)Nc2ccc3c(c2)CCN(C)C3)N(C(=O)Nc2ccc(Cl)cc2)C1. The number of nitrogens with one attached hydrogen (secondary N) is 2. The number of benzene rings is 2. The summed E-state index contributed by atoms with van der Waals surface area (Å²) in [6.45, 7) is 2.27. The van der Waals surface area contributed by atoms with Gasteiger partial charge in [-0.1, -0.05) is 17.7 Å². The van der Waals surface area contributed by atoms with Gasteiger partial charge in [0.15, 0.2) is 0 Å². The van der Waals surface area contributed by atoms with Crippen molar-refractivity contribution >= 4 is 34.9 Å². The van der Waals surface area contributed by atoms with Gasteiger partial charge in [-0.05, 0) is 61.0 Å². The van der Waals surface area contributed by atoms with E-state index in [1.54, 1.807) is 31.4 Å². The van der Waals surface area contributed by atoms with Crippen LogP contribution >= 0.6 is 11.6 Å². The van der Waals surface area contributed by atoms with Crippen molar-refractivity contribution in [2.24, 2.45) is 0 Å². The molecule has 0 saturated carbocycles. The molecule has 0 aromatic heterocycles. The van der Waals surface area contributed by atoms with Crippen molar-refractivity contribution in [2.45, 2.75) is 31.5 Å². The minimum absolute atomic E-state index is 0.189. The van der Waals surface area contributed by atoms with Crippen molar-refractivity contribution in [2.75, 3.05) is 37.9 Å². The van der Waals surface area contributed by atoms with Gasteiger partial charge in [-0.2, -0.15) is 0 Å². The van der Waals surface area contributed by atoms with Gasteiger partial charge in [-0.15, -0.1) is 0 Å². The zero-order chi connectivity index (χ0) is 22.0. The third-order valence-electron chi connectivity index (χ3n) is 5.93. The predicted molar refractivity (Wildman–Crippen MR) is 121 cm³/mol. The number of halogens is 1. The maximum atomic E-state index is 13.1. The number of ether oxygens (including phenoxy) is 1. The number of anilines is 2. The highest BCUT2D eigenvalue weighted by molar-refractivity contribution is 6.30. The number of rotatable bonds is 4. The number of nitrogens with zero attached hydrogens (tertiary/aromatic N) is 2. The van der Waals surface area contributed by atoms with E-state index < -0.39 is 6.04 Å². The molecular formula is C23H27ClN4O3. The summed E-state index contributed by atoms with van der Waals surface area (Å²) in [4.78, 5) is 29.8. The van der Waals surface area contributed by atoms with Gasteiger partial charge in [-0.3, -0.25) is 4.79 Å². The van der Waals surface area contributed by atoms with Crippen LogP contribution in [0.15, 0.2) is 42.5 Å². The molecule has 31 heavy (non-hydrogen) atoms. The summed E-state index contributed by atoms with van der Waals surface area (Å²) in [6.07, 6.45) is 1.22. The lowest BCUT2D eigenvalue weighted by Gasteiger charge is -2.26. The van der Waals surface area contributed by atoms with Gasteiger partial charge >= 0.3 is 6.03 Å². The van der Waals surface area contributed by atoms with E-state index in [-0.39, 0.29) is 18.0 Å². The smallest absolute Gasteiger partial charge is 0.322 e. The minimum atomic E-state index is -0.612. The number of carbonyl (C=O) groups is 2. The standard InChI is InChI=1S/C23H27ClN4O3/c1-27-10-9-15-11-19(6-3-16(15)13-27)25-22(29)21-12-20(31-2)14-28(21)23(30)26-18-7-4-17(24)5-8-18/h3-8,11,20-21H,9-10,12-14H2,1-2H3,(H,25,29)(H,26,30)/t20?,21-/m1/s1. The number of hydrogen-bond donors (Lipinski definition) is 2. The Morgan fingerprint density at radius 1 is 1.06 bits per heavy atom. The molecule has 1 fully saturated rings. The summed E-state index contributed by atoms with van der Waals surface area (Å²) >= 11 is 5.91. The van der Waals surface area contributed by atoms with Gasteiger partial charge in [0, 0.05) is 49.6 Å². The molecule has 2 atom stereocenters. The molecule has 4 rings (SSSR count). The lowest BCUT2D eigenvalue weighted by atomic mass is 9.99. The molecular weight excluding hydrogens is 416 g/mol. The van der Waals surface area contributed by atoms with Crippen molar-refractivity contribution < 1.29 is 14.3 Å². The molecule has 0 radical (unpaired) electrons. The van der Waals surface area contributed by atoms with E-state index in [2.05, 4.69) is 28.6 Å². The summed E-state index contributed by atoms with van der Waals surface area (Å²) in [7, 11) is 3.70. The van der Waals surface area contributed by atoms with Crippen LogP contribution in [0.5, 0.6) is 0 Å². The van der Waals surface area contributed by atoms with Crippen molar-refractivity contribution in [3.05, 3.63) is 58.6 Å². The van der Waals surface area contributed by atoms with Crippen LogP contribution in [0.4, 0.5) is 16.2 Å². The summed E-state index contributed by atoms with van der Waals surface area (Å²) in [5.41, 5.74) is 3.92. The van der Waals surface area contributed by atoms with Crippen molar-refractivity contribution in [3.63, 3.8) is 0 Å². The van der Waals surface area contributed by atoms with E-state index in [4.69, 9.17) is 16.3 Å². The van der Waals surface area contributed by atoms with Crippen LogP contribution in [-0.4, -0.2) is 61.1 Å². The zero-order valence-electron chi connectivity index (χ0n) is 17.7. The molecule has 2 aliphatic heterocycles. The number of likely N-dealkylation sites (N-methyl/N-ethyl adjacent to an activating group) is 1. The highest BCUT2D eigenvalue weighted by Gasteiger charge is 2.40. The number of fused-ring (bicyclic) bond motifs is 1. The Morgan fingerprint density at radius 3 is 2.55 bits per heavy atom. The Hall–Kier alpha value is -2.61. The zero-order valence-corrected chi connectivity index (χ0v) is 18.5. The highest BCUT2D eigenvalue weighted by atomic mass is 35.5. The molecule has 8 heteroatoms. The fourth-order valence-corrected chi connectivity index (χ4v) is 4.29. The molecule has 164 valence electrons. The number of hydrogen-bond acceptors (Lipinski definition) is 4. The maximum absolute atomic E-state index is 13.1.